The first kappa shape index (κ1) is 18.1. The average molecular weight is 376 g/mol. The van der Waals surface area contributed by atoms with Gasteiger partial charge in [0, 0.05) is 30.8 Å². The lowest BCUT2D eigenvalue weighted by molar-refractivity contribution is 0.0933. The van der Waals surface area contributed by atoms with Crippen LogP contribution in [0, 0.1) is 0 Å². The highest BCUT2D eigenvalue weighted by Crippen LogP contribution is 2.25. The lowest BCUT2D eigenvalue weighted by Gasteiger charge is -2.33. The number of H-pyrrole nitrogens is 1. The number of aromatic amines is 1. The van der Waals surface area contributed by atoms with Crippen molar-refractivity contribution < 1.29 is 9.53 Å². The smallest absolute Gasteiger partial charge is 0.251 e. The van der Waals surface area contributed by atoms with Crippen LogP contribution in [-0.4, -0.2) is 42.3 Å². The van der Waals surface area contributed by atoms with Gasteiger partial charge < -0.3 is 15.0 Å². The number of amides is 1. The van der Waals surface area contributed by atoms with Crippen molar-refractivity contribution in [2.24, 2.45) is 0 Å². The molecule has 6 heteroatoms. The Morgan fingerprint density at radius 2 is 1.96 bits per heavy atom. The third-order valence-corrected chi connectivity index (χ3v) is 5.08. The topological polar surface area (TPSA) is 70.2 Å². The summed E-state index contributed by atoms with van der Waals surface area (Å²) < 4.78 is 5.21. The van der Waals surface area contributed by atoms with E-state index in [4.69, 9.17) is 4.74 Å². The summed E-state index contributed by atoms with van der Waals surface area (Å²) in [7, 11) is 1.66. The van der Waals surface area contributed by atoms with E-state index in [0.29, 0.717) is 5.56 Å². The Balaban J connectivity index is 1.42. The number of nitrogens with one attached hydrogen (secondary N) is 2. The fourth-order valence-electron chi connectivity index (χ4n) is 3.55. The summed E-state index contributed by atoms with van der Waals surface area (Å²) in [4.78, 5) is 14.7. The number of ether oxygens (including phenoxy) is 1. The molecule has 3 aromatic rings. The molecule has 1 aliphatic heterocycles. The molecule has 2 heterocycles. The third kappa shape index (κ3) is 4.01. The molecule has 0 bridgehead atoms. The molecule has 1 amide bonds. The summed E-state index contributed by atoms with van der Waals surface area (Å²) in [5, 5.41) is 10.8. The minimum absolute atomic E-state index is 0.0200. The predicted octanol–water partition coefficient (Wildman–Crippen LogP) is 3.48. The van der Waals surface area contributed by atoms with Crippen LogP contribution < -0.4 is 15.0 Å². The molecule has 0 saturated carbocycles. The number of anilines is 1. The number of benzene rings is 2. The lowest BCUT2D eigenvalue weighted by Crippen LogP contribution is -2.48. The quantitative estimate of drug-likeness (QED) is 0.715. The summed E-state index contributed by atoms with van der Waals surface area (Å²) >= 11 is 0. The summed E-state index contributed by atoms with van der Waals surface area (Å²) in [6, 6.07) is 19.4. The standard InChI is InChI=1S/C22H24N4O2/c1-28-19-11-9-16(10-12-19)20-14-21(25-24-20)26-13-5-8-18(15-26)23-22(27)17-6-3-2-4-7-17/h2-4,6-7,9-12,14,18H,5,8,13,15H2,1H3,(H,23,27)(H,24,25). The molecule has 28 heavy (non-hydrogen) atoms. The van der Waals surface area contributed by atoms with Crippen molar-refractivity contribution in [2.45, 2.75) is 18.9 Å². The second kappa shape index (κ2) is 8.17. The van der Waals surface area contributed by atoms with Crippen LogP contribution in [0.4, 0.5) is 5.82 Å². The van der Waals surface area contributed by atoms with Crippen LogP contribution >= 0.6 is 0 Å². The van der Waals surface area contributed by atoms with Gasteiger partial charge in [-0.15, -0.1) is 0 Å². The van der Waals surface area contributed by atoms with Gasteiger partial charge in [0.2, 0.25) is 0 Å². The van der Waals surface area contributed by atoms with E-state index in [0.717, 1.165) is 48.8 Å². The molecule has 0 aliphatic carbocycles. The normalized spacial score (nSPS) is 16.6. The zero-order valence-electron chi connectivity index (χ0n) is 15.9. The molecule has 4 rings (SSSR count). The van der Waals surface area contributed by atoms with Gasteiger partial charge in [-0.3, -0.25) is 9.89 Å². The third-order valence-electron chi connectivity index (χ3n) is 5.08. The van der Waals surface area contributed by atoms with Gasteiger partial charge in [-0.1, -0.05) is 18.2 Å². The van der Waals surface area contributed by atoms with E-state index in [9.17, 15) is 4.79 Å². The number of rotatable bonds is 5. The molecule has 1 aromatic heterocycles. The maximum absolute atomic E-state index is 12.4. The Morgan fingerprint density at radius 3 is 2.71 bits per heavy atom. The van der Waals surface area contributed by atoms with Crippen LogP contribution in [0.1, 0.15) is 23.2 Å². The maximum Gasteiger partial charge on any atom is 0.251 e. The van der Waals surface area contributed by atoms with Crippen LogP contribution in [0.3, 0.4) is 0 Å². The molecular weight excluding hydrogens is 352 g/mol. The average Bonchev–Trinajstić information content (AvgIpc) is 3.25. The van der Waals surface area contributed by atoms with Gasteiger partial charge in [-0.2, -0.15) is 5.10 Å². The summed E-state index contributed by atoms with van der Waals surface area (Å²) in [5.74, 6) is 1.72. The molecule has 1 fully saturated rings. The minimum Gasteiger partial charge on any atom is -0.497 e. The van der Waals surface area contributed by atoms with Gasteiger partial charge in [0.05, 0.1) is 12.8 Å². The number of piperidine rings is 1. The van der Waals surface area contributed by atoms with Crippen molar-refractivity contribution in [3.63, 3.8) is 0 Å². The molecule has 0 radical (unpaired) electrons. The van der Waals surface area contributed by atoms with Crippen molar-refractivity contribution >= 4 is 11.7 Å². The van der Waals surface area contributed by atoms with Crippen molar-refractivity contribution in [1.82, 2.24) is 15.5 Å². The zero-order chi connectivity index (χ0) is 19.3. The van der Waals surface area contributed by atoms with Crippen molar-refractivity contribution in [3.05, 3.63) is 66.2 Å². The highest BCUT2D eigenvalue weighted by Gasteiger charge is 2.23. The van der Waals surface area contributed by atoms with Crippen LogP contribution in [0.25, 0.3) is 11.3 Å². The Labute approximate surface area is 164 Å². The van der Waals surface area contributed by atoms with E-state index in [2.05, 4.69) is 26.5 Å². The van der Waals surface area contributed by atoms with Gasteiger partial charge in [0.1, 0.15) is 5.75 Å². The van der Waals surface area contributed by atoms with Crippen LogP contribution in [0.2, 0.25) is 0 Å². The summed E-state index contributed by atoms with van der Waals surface area (Å²) in [6.45, 7) is 1.69. The number of carbonyl (C=O) groups excluding carboxylic acids is 1. The molecule has 1 unspecified atom stereocenters. The molecule has 1 atom stereocenters. The Bertz CT molecular complexity index is 921. The van der Waals surface area contributed by atoms with E-state index in [1.165, 1.54) is 0 Å². The van der Waals surface area contributed by atoms with Crippen molar-refractivity contribution in [1.29, 1.82) is 0 Å². The molecule has 0 spiro atoms. The van der Waals surface area contributed by atoms with E-state index >= 15 is 0 Å². The Morgan fingerprint density at radius 1 is 1.18 bits per heavy atom. The first-order chi connectivity index (χ1) is 13.7. The second-order valence-electron chi connectivity index (χ2n) is 6.99. The second-order valence-corrected chi connectivity index (χ2v) is 6.99. The number of carbonyl (C=O) groups is 1. The van der Waals surface area contributed by atoms with E-state index < -0.39 is 0 Å². The van der Waals surface area contributed by atoms with E-state index in [1.807, 2.05) is 54.6 Å². The molecule has 2 N–H and O–H groups in total. The number of hydrogen-bond donors (Lipinski definition) is 2. The first-order valence-electron chi connectivity index (χ1n) is 9.53. The van der Waals surface area contributed by atoms with Gasteiger partial charge in [0.15, 0.2) is 5.82 Å². The van der Waals surface area contributed by atoms with Gasteiger partial charge in [-0.25, -0.2) is 0 Å². The number of aromatic nitrogens is 2. The van der Waals surface area contributed by atoms with E-state index in [-0.39, 0.29) is 11.9 Å². The SMILES string of the molecule is COc1ccc(-c2cc(N3CCCC(NC(=O)c4ccccc4)C3)n[nH]2)cc1. The number of nitrogens with zero attached hydrogens (tertiary/aromatic N) is 2. The zero-order valence-corrected chi connectivity index (χ0v) is 15.9. The van der Waals surface area contributed by atoms with Gasteiger partial charge in [-0.05, 0) is 54.8 Å². The van der Waals surface area contributed by atoms with Crippen LogP contribution in [0.15, 0.2) is 60.7 Å². The van der Waals surface area contributed by atoms with Crippen molar-refractivity contribution in [2.75, 3.05) is 25.1 Å². The maximum atomic E-state index is 12.4. The summed E-state index contributed by atoms with van der Waals surface area (Å²) in [6.07, 6.45) is 2.00. The fourth-order valence-corrected chi connectivity index (χ4v) is 3.55. The highest BCUT2D eigenvalue weighted by atomic mass is 16.5. The van der Waals surface area contributed by atoms with E-state index in [1.54, 1.807) is 7.11 Å². The first-order valence-corrected chi connectivity index (χ1v) is 9.53. The predicted molar refractivity (Wildman–Crippen MR) is 110 cm³/mol. The Kier molecular flexibility index (Phi) is 5.28. The monoisotopic (exact) mass is 376 g/mol. The fraction of sp³-hybridized carbons (Fsp3) is 0.273. The summed E-state index contributed by atoms with van der Waals surface area (Å²) in [5.41, 5.74) is 2.72. The minimum atomic E-state index is -0.0200. The number of methoxy groups -OCH3 is 1. The molecule has 2 aromatic carbocycles. The molecule has 6 nitrogen and oxygen atoms in total. The highest BCUT2D eigenvalue weighted by molar-refractivity contribution is 5.94. The Hall–Kier alpha value is -3.28. The lowest BCUT2D eigenvalue weighted by atomic mass is 10.0. The van der Waals surface area contributed by atoms with Gasteiger partial charge in [0.25, 0.3) is 5.91 Å². The largest absolute Gasteiger partial charge is 0.497 e. The van der Waals surface area contributed by atoms with Crippen molar-refractivity contribution in [3.8, 4) is 17.0 Å². The van der Waals surface area contributed by atoms with Crippen LogP contribution in [0.5, 0.6) is 5.75 Å². The molecule has 144 valence electrons. The molecule has 1 saturated heterocycles. The molecule has 1 aliphatic rings. The molecular formula is C22H24N4O2. The van der Waals surface area contributed by atoms with Crippen LogP contribution in [-0.2, 0) is 0 Å². The van der Waals surface area contributed by atoms with Gasteiger partial charge >= 0.3 is 0 Å². The number of hydrogen-bond acceptors (Lipinski definition) is 4.